The van der Waals surface area contributed by atoms with E-state index in [1.54, 1.807) is 30.3 Å². The average molecular weight is 643 g/mol. The highest BCUT2D eigenvalue weighted by Crippen LogP contribution is 2.52. The molecule has 0 radical (unpaired) electrons. The predicted octanol–water partition coefficient (Wildman–Crippen LogP) is 5.88. The first-order chi connectivity index (χ1) is 21.8. The van der Waals surface area contributed by atoms with Crippen LogP contribution < -0.4 is 10.1 Å². The van der Waals surface area contributed by atoms with E-state index in [1.807, 2.05) is 6.07 Å². The molecule has 246 valence electrons. The second kappa shape index (κ2) is 14.0. The number of ether oxygens (including phenoxy) is 3. The lowest BCUT2D eigenvalue weighted by Gasteiger charge is -2.53. The fourth-order valence-corrected chi connectivity index (χ4v) is 9.81. The summed E-state index contributed by atoms with van der Waals surface area (Å²) in [6, 6.07) is 13.9. The molecule has 3 aliphatic carbocycles. The Bertz CT molecular complexity index is 1410. The molecule has 10 heteroatoms. The zero-order chi connectivity index (χ0) is 31.4. The predicted molar refractivity (Wildman–Crippen MR) is 170 cm³/mol. The molecule has 4 fully saturated rings. The maximum absolute atomic E-state index is 14.8. The Morgan fingerprint density at radius 2 is 1.71 bits per heavy atom. The van der Waals surface area contributed by atoms with Crippen molar-refractivity contribution < 1.29 is 31.8 Å². The third-order valence-corrected chi connectivity index (χ3v) is 13.0. The largest absolute Gasteiger partial charge is 0.491 e. The minimum Gasteiger partial charge on any atom is -0.491 e. The first-order valence-electron chi connectivity index (χ1n) is 16.7. The number of methoxy groups -OCH3 is 1. The summed E-state index contributed by atoms with van der Waals surface area (Å²) in [5.41, 5.74) is 0.754. The quantitative estimate of drug-likeness (QED) is 0.273. The van der Waals surface area contributed by atoms with E-state index in [-0.39, 0.29) is 34.5 Å². The van der Waals surface area contributed by atoms with E-state index in [9.17, 15) is 17.6 Å². The number of sulfone groups is 1. The molecule has 8 nitrogen and oxygen atoms in total. The molecular formula is C35H47FN2O6S. The Morgan fingerprint density at radius 1 is 0.956 bits per heavy atom. The van der Waals surface area contributed by atoms with Crippen molar-refractivity contribution in [2.45, 2.75) is 91.9 Å². The Morgan fingerprint density at radius 3 is 2.36 bits per heavy atom. The minimum atomic E-state index is -3.20. The molecule has 0 bridgehead atoms. The number of carbonyl (C=O) groups is 1. The van der Waals surface area contributed by atoms with Gasteiger partial charge < -0.3 is 24.4 Å². The second-order valence-corrected chi connectivity index (χ2v) is 15.6. The zero-order valence-electron chi connectivity index (χ0n) is 26.3. The van der Waals surface area contributed by atoms with Crippen LogP contribution in [0.15, 0.2) is 53.4 Å². The van der Waals surface area contributed by atoms with E-state index in [0.717, 1.165) is 83.0 Å². The van der Waals surface area contributed by atoms with Crippen molar-refractivity contribution in [2.24, 2.45) is 11.8 Å². The van der Waals surface area contributed by atoms with E-state index < -0.39 is 15.9 Å². The van der Waals surface area contributed by atoms with E-state index in [0.29, 0.717) is 29.8 Å². The summed E-state index contributed by atoms with van der Waals surface area (Å²) in [7, 11) is -1.80. The number of nitrogens with one attached hydrogen (secondary N) is 1. The van der Waals surface area contributed by atoms with Gasteiger partial charge in [-0.15, -0.1) is 0 Å². The fourth-order valence-electron chi connectivity index (χ4n) is 8.15. The topological polar surface area (TPSA) is 94.2 Å². The monoisotopic (exact) mass is 642 g/mol. The number of hydrogen-bond donors (Lipinski definition) is 1. The fraction of sp³-hybridized carbons (Fsp3) is 0.629. The molecule has 2 aromatic carbocycles. The SMILES string of the molecule is COC(=O)N[C@H]1CCC[C@@H]1C(CN1CCC1)(c1cccc(F)c1)[C@H]1CC[C@H](OCCOc2ccc(S(=O)(=O)C3CC3)cc2)CC1. The molecule has 1 N–H and O–H groups in total. The Hall–Kier alpha value is -2.69. The summed E-state index contributed by atoms with van der Waals surface area (Å²) in [6.07, 6.45) is 9.06. The Balaban J connectivity index is 1.10. The van der Waals surface area contributed by atoms with Crippen molar-refractivity contribution in [3.05, 3.63) is 59.9 Å². The summed E-state index contributed by atoms with van der Waals surface area (Å²) < 4.78 is 56.9. The molecule has 6 rings (SSSR count). The van der Waals surface area contributed by atoms with Gasteiger partial charge in [-0.1, -0.05) is 18.6 Å². The summed E-state index contributed by atoms with van der Waals surface area (Å²) in [6.45, 7) is 3.81. The van der Waals surface area contributed by atoms with Crippen LogP contribution in [0.25, 0.3) is 0 Å². The third kappa shape index (κ3) is 7.18. The highest BCUT2D eigenvalue weighted by molar-refractivity contribution is 7.92. The number of hydrogen-bond acceptors (Lipinski definition) is 7. The van der Waals surface area contributed by atoms with E-state index in [2.05, 4.69) is 16.3 Å². The van der Waals surface area contributed by atoms with Gasteiger partial charge in [0.05, 0.1) is 30.0 Å². The van der Waals surface area contributed by atoms with Gasteiger partial charge in [0.1, 0.15) is 18.2 Å². The van der Waals surface area contributed by atoms with Crippen molar-refractivity contribution >= 4 is 15.9 Å². The summed E-state index contributed by atoms with van der Waals surface area (Å²) in [4.78, 5) is 15.2. The molecule has 0 aromatic heterocycles. The molecule has 4 aliphatic rings. The highest BCUT2D eigenvalue weighted by Gasteiger charge is 2.53. The third-order valence-electron chi connectivity index (χ3n) is 10.7. The van der Waals surface area contributed by atoms with Gasteiger partial charge in [0, 0.05) is 18.0 Å². The van der Waals surface area contributed by atoms with Crippen molar-refractivity contribution in [3.8, 4) is 5.75 Å². The minimum absolute atomic E-state index is 0.0176. The van der Waals surface area contributed by atoms with Crippen molar-refractivity contribution in [2.75, 3.05) is 40.0 Å². The Kier molecular flexibility index (Phi) is 10.0. The normalized spacial score (nSPS) is 26.9. The molecular weight excluding hydrogens is 595 g/mol. The molecule has 1 aliphatic heterocycles. The Labute approximate surface area is 266 Å². The van der Waals surface area contributed by atoms with Gasteiger partial charge in [0.15, 0.2) is 9.84 Å². The van der Waals surface area contributed by atoms with Crippen molar-refractivity contribution in [3.63, 3.8) is 0 Å². The van der Waals surface area contributed by atoms with Crippen LogP contribution in [0.2, 0.25) is 0 Å². The van der Waals surface area contributed by atoms with Crippen LogP contribution in [0.3, 0.4) is 0 Å². The molecule has 1 amide bonds. The lowest BCUT2D eigenvalue weighted by molar-refractivity contribution is -0.0221. The van der Waals surface area contributed by atoms with Gasteiger partial charge >= 0.3 is 6.09 Å². The van der Waals surface area contributed by atoms with Crippen LogP contribution in [0.1, 0.15) is 69.8 Å². The van der Waals surface area contributed by atoms with Gasteiger partial charge in [-0.25, -0.2) is 17.6 Å². The average Bonchev–Trinajstić information content (AvgIpc) is 3.80. The lowest BCUT2D eigenvalue weighted by Crippen LogP contribution is -2.58. The smallest absolute Gasteiger partial charge is 0.407 e. The molecule has 1 unspecified atom stereocenters. The van der Waals surface area contributed by atoms with Crippen LogP contribution in [0.5, 0.6) is 5.75 Å². The molecule has 2 aromatic rings. The van der Waals surface area contributed by atoms with Gasteiger partial charge in [-0.2, -0.15) is 0 Å². The van der Waals surface area contributed by atoms with Crippen molar-refractivity contribution in [1.82, 2.24) is 10.2 Å². The summed E-state index contributed by atoms with van der Waals surface area (Å²) in [5.74, 6) is 0.925. The molecule has 45 heavy (non-hydrogen) atoms. The van der Waals surface area contributed by atoms with Crippen LogP contribution in [-0.2, 0) is 24.7 Å². The highest BCUT2D eigenvalue weighted by atomic mass is 32.2. The number of amides is 1. The van der Waals surface area contributed by atoms with E-state index >= 15 is 0 Å². The molecule has 1 heterocycles. The van der Waals surface area contributed by atoms with E-state index in [1.165, 1.54) is 19.6 Å². The first-order valence-corrected chi connectivity index (χ1v) is 18.3. The maximum atomic E-state index is 14.8. The van der Waals surface area contributed by atoms with Gasteiger partial charge in [-0.05, 0) is 125 Å². The van der Waals surface area contributed by atoms with Crippen LogP contribution in [-0.4, -0.2) is 76.8 Å². The maximum Gasteiger partial charge on any atom is 0.407 e. The van der Waals surface area contributed by atoms with Crippen molar-refractivity contribution in [1.29, 1.82) is 0 Å². The zero-order valence-corrected chi connectivity index (χ0v) is 27.1. The van der Waals surface area contributed by atoms with Gasteiger partial charge in [0.2, 0.25) is 0 Å². The lowest BCUT2D eigenvalue weighted by atomic mass is 9.56. The summed E-state index contributed by atoms with van der Waals surface area (Å²) in [5, 5.41) is 2.93. The standard InChI is InChI=1S/C35H47FN2O6S/c1-42-34(39)37-33-8-3-7-32(33)35(24-38-19-4-20-38,26-5-2-6-27(36)23-26)25-9-11-28(12-10-25)43-21-22-44-29-13-15-30(16-14-29)45(40,41)31-17-18-31/h2,5-6,13-16,23,25,28,31-33H,3-4,7-12,17-22,24H2,1H3,(H,37,39)/t25-,28-,32-,33-,35?/m0/s1. The molecule has 1 saturated heterocycles. The second-order valence-electron chi connectivity index (χ2n) is 13.4. The number of benzene rings is 2. The molecule has 3 saturated carbocycles. The number of nitrogens with zero attached hydrogens (tertiary/aromatic N) is 1. The molecule has 0 spiro atoms. The van der Waals surface area contributed by atoms with E-state index in [4.69, 9.17) is 14.2 Å². The van der Waals surface area contributed by atoms with Gasteiger partial charge in [0.25, 0.3) is 0 Å². The number of carbonyl (C=O) groups excluding carboxylic acids is 1. The number of halogens is 1. The van der Waals surface area contributed by atoms with Crippen LogP contribution in [0.4, 0.5) is 9.18 Å². The number of alkyl carbamates (subject to hydrolysis) is 1. The van der Waals surface area contributed by atoms with Gasteiger partial charge in [-0.3, -0.25) is 0 Å². The summed E-state index contributed by atoms with van der Waals surface area (Å²) >= 11 is 0. The van der Waals surface area contributed by atoms with Crippen LogP contribution >= 0.6 is 0 Å². The van der Waals surface area contributed by atoms with Crippen LogP contribution in [0, 0.1) is 17.7 Å². The number of likely N-dealkylation sites (tertiary alicyclic amines) is 1. The number of rotatable bonds is 13. The first kappa shape index (κ1) is 32.3. The molecule has 3 atom stereocenters.